The molecule has 1 amide bonds. The number of anilines is 1. The molecule has 29 heavy (non-hydrogen) atoms. The molecule has 10 heteroatoms. The Morgan fingerprint density at radius 1 is 1.24 bits per heavy atom. The molecule has 2 N–H and O–H groups in total. The van der Waals surface area contributed by atoms with Gasteiger partial charge in [-0.25, -0.2) is 9.67 Å². The highest BCUT2D eigenvalue weighted by molar-refractivity contribution is 5.93. The maximum absolute atomic E-state index is 12.6. The molecule has 2 aromatic rings. The van der Waals surface area contributed by atoms with E-state index in [0.29, 0.717) is 18.3 Å². The molecule has 2 aliphatic heterocycles. The summed E-state index contributed by atoms with van der Waals surface area (Å²) in [5.74, 6) is 0.819. The zero-order valence-electron chi connectivity index (χ0n) is 16.6. The van der Waals surface area contributed by atoms with Gasteiger partial charge in [0.2, 0.25) is 0 Å². The summed E-state index contributed by atoms with van der Waals surface area (Å²) >= 11 is 0. The Morgan fingerprint density at radius 3 is 2.69 bits per heavy atom. The molecule has 2 aliphatic rings. The standard InChI is InChI=1S/C19H27N7O.2ClH/c1-14-18(23-24-26(14)16-5-7-20-8-6-16)19(27)22-13-15-4-9-21-17(12-15)25-10-2-3-11-25;;/h4,9,12,16,20H,2-3,5-8,10-11,13H2,1H3,(H,22,27);2*1H. The Kier molecular flexibility index (Phi) is 8.67. The average molecular weight is 442 g/mol. The van der Waals surface area contributed by atoms with E-state index in [1.54, 1.807) is 0 Å². The normalized spacial score (nSPS) is 16.8. The highest BCUT2D eigenvalue weighted by atomic mass is 35.5. The predicted molar refractivity (Wildman–Crippen MR) is 117 cm³/mol. The summed E-state index contributed by atoms with van der Waals surface area (Å²) < 4.78 is 1.91. The van der Waals surface area contributed by atoms with Crippen LogP contribution in [0.4, 0.5) is 5.82 Å². The van der Waals surface area contributed by atoms with Crippen molar-refractivity contribution in [3.8, 4) is 0 Å². The SMILES string of the molecule is Cc1c(C(=O)NCc2ccnc(N3CCCC3)c2)nnn1C1CCNCC1.Cl.Cl. The van der Waals surface area contributed by atoms with E-state index in [0.717, 1.165) is 56.1 Å². The number of hydrogen-bond donors (Lipinski definition) is 2. The van der Waals surface area contributed by atoms with Crippen LogP contribution in [0.5, 0.6) is 0 Å². The quantitative estimate of drug-likeness (QED) is 0.739. The first kappa shape index (κ1) is 23.4. The number of amides is 1. The molecule has 0 atom stereocenters. The van der Waals surface area contributed by atoms with Gasteiger partial charge >= 0.3 is 0 Å². The fraction of sp³-hybridized carbons (Fsp3) is 0.579. The lowest BCUT2D eigenvalue weighted by Gasteiger charge is -2.23. The van der Waals surface area contributed by atoms with Crippen molar-refractivity contribution in [1.82, 2.24) is 30.6 Å². The van der Waals surface area contributed by atoms with E-state index >= 15 is 0 Å². The lowest BCUT2D eigenvalue weighted by Crippen LogP contribution is -2.30. The van der Waals surface area contributed by atoms with Gasteiger partial charge in [0, 0.05) is 25.8 Å². The van der Waals surface area contributed by atoms with Gasteiger partial charge < -0.3 is 15.5 Å². The van der Waals surface area contributed by atoms with Crippen LogP contribution in [0.15, 0.2) is 18.3 Å². The van der Waals surface area contributed by atoms with E-state index in [-0.39, 0.29) is 30.7 Å². The van der Waals surface area contributed by atoms with Crippen LogP contribution in [0.2, 0.25) is 0 Å². The summed E-state index contributed by atoms with van der Waals surface area (Å²) in [5.41, 5.74) is 2.30. The summed E-state index contributed by atoms with van der Waals surface area (Å²) in [5, 5.41) is 14.7. The number of aromatic nitrogens is 4. The van der Waals surface area contributed by atoms with E-state index in [4.69, 9.17) is 0 Å². The van der Waals surface area contributed by atoms with Gasteiger partial charge in [0.1, 0.15) is 5.82 Å². The van der Waals surface area contributed by atoms with Gasteiger partial charge in [-0.3, -0.25) is 4.79 Å². The Balaban J connectivity index is 0.00000150. The van der Waals surface area contributed by atoms with Crippen molar-refractivity contribution >= 4 is 36.5 Å². The summed E-state index contributed by atoms with van der Waals surface area (Å²) in [6.45, 7) is 6.46. The largest absolute Gasteiger partial charge is 0.357 e. The van der Waals surface area contributed by atoms with E-state index in [1.165, 1.54) is 12.8 Å². The van der Waals surface area contributed by atoms with Crippen LogP contribution < -0.4 is 15.5 Å². The highest BCUT2D eigenvalue weighted by Gasteiger charge is 2.23. The molecule has 0 unspecified atom stereocenters. The minimum absolute atomic E-state index is 0. The van der Waals surface area contributed by atoms with Crippen LogP contribution >= 0.6 is 24.8 Å². The second kappa shape index (κ2) is 10.8. The van der Waals surface area contributed by atoms with Crippen molar-refractivity contribution in [2.75, 3.05) is 31.1 Å². The van der Waals surface area contributed by atoms with Crippen molar-refractivity contribution in [2.24, 2.45) is 0 Å². The van der Waals surface area contributed by atoms with Crippen LogP contribution in [-0.2, 0) is 6.54 Å². The van der Waals surface area contributed by atoms with Crippen molar-refractivity contribution < 1.29 is 4.79 Å². The third-order valence-corrected chi connectivity index (χ3v) is 5.49. The van der Waals surface area contributed by atoms with E-state index in [1.807, 2.05) is 23.9 Å². The van der Waals surface area contributed by atoms with E-state index < -0.39 is 0 Å². The van der Waals surface area contributed by atoms with Crippen molar-refractivity contribution in [2.45, 2.75) is 45.2 Å². The summed E-state index contributed by atoms with van der Waals surface area (Å²) in [4.78, 5) is 19.4. The van der Waals surface area contributed by atoms with Crippen LogP contribution in [0, 0.1) is 6.92 Å². The second-order valence-corrected chi connectivity index (χ2v) is 7.35. The van der Waals surface area contributed by atoms with Crippen LogP contribution in [0.25, 0.3) is 0 Å². The highest BCUT2D eigenvalue weighted by Crippen LogP contribution is 2.21. The molecule has 0 spiro atoms. The number of carbonyl (C=O) groups excluding carboxylic acids is 1. The fourth-order valence-corrected chi connectivity index (χ4v) is 3.90. The molecule has 4 rings (SSSR count). The average Bonchev–Trinajstić information content (AvgIpc) is 3.37. The minimum atomic E-state index is -0.174. The lowest BCUT2D eigenvalue weighted by atomic mass is 10.1. The Hall–Kier alpha value is -1.90. The summed E-state index contributed by atoms with van der Waals surface area (Å²) in [6, 6.07) is 4.33. The number of pyridine rings is 1. The first-order valence-electron chi connectivity index (χ1n) is 9.83. The van der Waals surface area contributed by atoms with Crippen LogP contribution in [0.3, 0.4) is 0 Å². The van der Waals surface area contributed by atoms with Gasteiger partial charge in [0.05, 0.1) is 11.7 Å². The molecule has 4 heterocycles. The number of piperidine rings is 1. The third kappa shape index (κ3) is 5.38. The van der Waals surface area contributed by atoms with Gasteiger partial charge in [-0.05, 0) is 63.4 Å². The van der Waals surface area contributed by atoms with E-state index in [2.05, 4.69) is 36.9 Å². The third-order valence-electron chi connectivity index (χ3n) is 5.49. The van der Waals surface area contributed by atoms with Crippen molar-refractivity contribution in [1.29, 1.82) is 0 Å². The molecule has 2 fully saturated rings. The van der Waals surface area contributed by atoms with Crippen LogP contribution in [0.1, 0.15) is 53.5 Å². The molecular formula is C19H29Cl2N7O. The topological polar surface area (TPSA) is 88.0 Å². The van der Waals surface area contributed by atoms with Crippen molar-refractivity contribution in [3.63, 3.8) is 0 Å². The fourth-order valence-electron chi connectivity index (χ4n) is 3.90. The molecule has 160 valence electrons. The van der Waals surface area contributed by atoms with E-state index in [9.17, 15) is 4.79 Å². The first-order chi connectivity index (χ1) is 13.2. The van der Waals surface area contributed by atoms with Crippen LogP contribution in [-0.4, -0.2) is 52.1 Å². The van der Waals surface area contributed by atoms with Gasteiger partial charge in [0.15, 0.2) is 5.69 Å². The number of hydrogen-bond acceptors (Lipinski definition) is 6. The summed E-state index contributed by atoms with van der Waals surface area (Å²) in [7, 11) is 0. The summed E-state index contributed by atoms with van der Waals surface area (Å²) in [6.07, 6.45) is 6.28. The number of nitrogens with one attached hydrogen (secondary N) is 2. The Labute approximate surface area is 183 Å². The van der Waals surface area contributed by atoms with Gasteiger partial charge in [-0.2, -0.15) is 0 Å². The molecule has 2 saturated heterocycles. The van der Waals surface area contributed by atoms with Gasteiger partial charge in [-0.1, -0.05) is 5.21 Å². The zero-order valence-corrected chi connectivity index (χ0v) is 18.3. The number of halogens is 2. The molecule has 0 aromatic carbocycles. The number of rotatable bonds is 5. The minimum Gasteiger partial charge on any atom is -0.357 e. The first-order valence-corrected chi connectivity index (χ1v) is 9.83. The molecular weight excluding hydrogens is 413 g/mol. The maximum atomic E-state index is 12.6. The number of carbonyl (C=O) groups is 1. The lowest BCUT2D eigenvalue weighted by molar-refractivity contribution is 0.0945. The van der Waals surface area contributed by atoms with Gasteiger partial charge in [0.25, 0.3) is 5.91 Å². The molecule has 2 aromatic heterocycles. The molecule has 8 nitrogen and oxygen atoms in total. The zero-order chi connectivity index (χ0) is 18.6. The Bertz CT molecular complexity index is 802. The molecule has 0 aliphatic carbocycles. The van der Waals surface area contributed by atoms with Crippen molar-refractivity contribution in [3.05, 3.63) is 35.3 Å². The molecule has 0 saturated carbocycles. The smallest absolute Gasteiger partial charge is 0.274 e. The molecule has 0 radical (unpaired) electrons. The monoisotopic (exact) mass is 441 g/mol. The number of nitrogens with zero attached hydrogens (tertiary/aromatic N) is 5. The predicted octanol–water partition coefficient (Wildman–Crippen LogP) is 2.28. The Morgan fingerprint density at radius 2 is 1.97 bits per heavy atom. The maximum Gasteiger partial charge on any atom is 0.274 e. The van der Waals surface area contributed by atoms with Gasteiger partial charge in [-0.15, -0.1) is 29.9 Å². The molecule has 0 bridgehead atoms. The second-order valence-electron chi connectivity index (χ2n) is 7.35.